The van der Waals surface area contributed by atoms with Crippen LogP contribution in [0, 0.1) is 20.8 Å². The molecule has 0 unspecified atom stereocenters. The summed E-state index contributed by atoms with van der Waals surface area (Å²) in [6.07, 6.45) is 0.731. The molecule has 2 aliphatic rings. The van der Waals surface area contributed by atoms with Gasteiger partial charge in [0.25, 0.3) is 23.6 Å². The first-order chi connectivity index (χ1) is 19.5. The molecule has 202 valence electrons. The minimum absolute atomic E-state index is 0.145. The van der Waals surface area contributed by atoms with Crippen molar-refractivity contribution in [3.63, 3.8) is 0 Å². The van der Waals surface area contributed by atoms with Crippen LogP contribution in [0.15, 0.2) is 72.8 Å². The largest absolute Gasteiger partial charge is 0.289 e. The summed E-state index contributed by atoms with van der Waals surface area (Å²) in [7, 11) is 1.39. The van der Waals surface area contributed by atoms with Crippen molar-refractivity contribution in [2.24, 2.45) is 0 Å². The van der Waals surface area contributed by atoms with E-state index in [1.54, 1.807) is 6.07 Å². The van der Waals surface area contributed by atoms with Gasteiger partial charge in [-0.15, -0.1) is 0 Å². The predicted molar refractivity (Wildman–Crippen MR) is 154 cm³/mol. The van der Waals surface area contributed by atoms with Crippen LogP contribution in [0.2, 0.25) is 0 Å². The molecule has 7 heteroatoms. The Kier molecular flexibility index (Phi) is 6.03. The molecule has 4 amide bonds. The molecule has 2 aliphatic heterocycles. The minimum Gasteiger partial charge on any atom is -0.289 e. The Bertz CT molecular complexity index is 1870. The maximum absolute atomic E-state index is 13.5. The molecule has 0 aliphatic carbocycles. The van der Waals surface area contributed by atoms with E-state index in [-0.39, 0.29) is 33.4 Å². The van der Waals surface area contributed by atoms with Crippen LogP contribution in [-0.4, -0.2) is 41.4 Å². The zero-order chi connectivity index (χ0) is 29.2. The van der Waals surface area contributed by atoms with Crippen LogP contribution in [-0.2, 0) is 6.42 Å². The number of carbonyl (C=O) groups excluding carboxylic acids is 5. The van der Waals surface area contributed by atoms with Gasteiger partial charge in [0.05, 0.1) is 27.9 Å². The summed E-state index contributed by atoms with van der Waals surface area (Å²) >= 11 is 0. The first-order valence-electron chi connectivity index (χ1n) is 13.2. The fourth-order valence-electron chi connectivity index (χ4n) is 5.50. The molecule has 4 aromatic rings. The quantitative estimate of drug-likeness (QED) is 0.247. The van der Waals surface area contributed by atoms with Crippen molar-refractivity contribution in [1.82, 2.24) is 4.90 Å². The second-order valence-corrected chi connectivity index (χ2v) is 10.7. The first kappa shape index (κ1) is 26.1. The smallest absolute Gasteiger partial charge is 0.266 e. The van der Waals surface area contributed by atoms with Gasteiger partial charge in [0.1, 0.15) is 0 Å². The summed E-state index contributed by atoms with van der Waals surface area (Å²) in [4.78, 5) is 66.9. The summed E-state index contributed by atoms with van der Waals surface area (Å²) in [5.41, 5.74) is 7.21. The lowest BCUT2D eigenvalue weighted by atomic mass is 9.96. The van der Waals surface area contributed by atoms with E-state index in [0.717, 1.165) is 27.3 Å². The summed E-state index contributed by atoms with van der Waals surface area (Å²) in [6.45, 7) is 6.03. The van der Waals surface area contributed by atoms with Crippen molar-refractivity contribution in [2.45, 2.75) is 27.2 Å². The lowest BCUT2D eigenvalue weighted by Crippen LogP contribution is -2.30. The van der Waals surface area contributed by atoms with Crippen molar-refractivity contribution < 1.29 is 24.0 Å². The molecule has 0 bridgehead atoms. The lowest BCUT2D eigenvalue weighted by molar-refractivity contribution is 0.0692. The topological polar surface area (TPSA) is 91.8 Å². The molecule has 6 rings (SSSR count). The van der Waals surface area contributed by atoms with Crippen LogP contribution in [0.25, 0.3) is 0 Å². The molecule has 0 N–H and O–H groups in total. The van der Waals surface area contributed by atoms with E-state index in [1.807, 2.05) is 19.1 Å². The van der Waals surface area contributed by atoms with Gasteiger partial charge in [0.15, 0.2) is 5.78 Å². The Morgan fingerprint density at radius 3 is 1.68 bits per heavy atom. The molecule has 0 fully saturated rings. The maximum atomic E-state index is 13.5. The van der Waals surface area contributed by atoms with Crippen LogP contribution < -0.4 is 4.90 Å². The summed E-state index contributed by atoms with van der Waals surface area (Å²) in [6, 6.07) is 20.8. The number of ketones is 1. The highest BCUT2D eigenvalue weighted by Gasteiger charge is 2.38. The Morgan fingerprint density at radius 2 is 1.07 bits per heavy atom. The van der Waals surface area contributed by atoms with Gasteiger partial charge in [0, 0.05) is 18.2 Å². The van der Waals surface area contributed by atoms with Crippen molar-refractivity contribution in [3.05, 3.63) is 134 Å². The third kappa shape index (κ3) is 4.17. The molecular formula is C34H26N2O5. The van der Waals surface area contributed by atoms with E-state index in [1.165, 1.54) is 60.1 Å². The van der Waals surface area contributed by atoms with Crippen LogP contribution in [0.1, 0.15) is 85.2 Å². The molecule has 0 aromatic heterocycles. The number of rotatable bonds is 5. The Labute approximate surface area is 237 Å². The monoisotopic (exact) mass is 542 g/mol. The second kappa shape index (κ2) is 9.48. The molecule has 4 aromatic carbocycles. The SMILES string of the molecule is Cc1ccc(Cc2ccc(N3C(=O)c4ccc(C(=O)c5ccc6c(c5)C(=O)N(C)C6=O)cc4C3=O)c(C)c2)cc1C. The highest BCUT2D eigenvalue weighted by molar-refractivity contribution is 6.35. The molecule has 2 heterocycles. The number of benzene rings is 4. The van der Waals surface area contributed by atoms with Gasteiger partial charge in [-0.1, -0.05) is 42.5 Å². The normalized spacial score (nSPS) is 14.1. The van der Waals surface area contributed by atoms with Gasteiger partial charge >= 0.3 is 0 Å². The Balaban J connectivity index is 1.27. The van der Waals surface area contributed by atoms with Gasteiger partial charge in [-0.2, -0.15) is 0 Å². The standard InChI is InChI=1S/C34H26N2O5/c1-18-5-6-21(13-19(18)2)15-22-7-12-29(20(3)14-22)36-33(40)26-11-9-24(17-28(26)34(36)41)30(37)23-8-10-25-27(16-23)32(39)35(4)31(25)38/h5-14,16-17H,15H2,1-4H3. The summed E-state index contributed by atoms with van der Waals surface area (Å²) in [5, 5.41) is 0. The highest BCUT2D eigenvalue weighted by atomic mass is 16.2. The zero-order valence-corrected chi connectivity index (χ0v) is 23.1. The number of nitrogens with zero attached hydrogens (tertiary/aromatic N) is 2. The number of amides is 4. The third-order valence-electron chi connectivity index (χ3n) is 7.98. The number of carbonyl (C=O) groups is 5. The van der Waals surface area contributed by atoms with Crippen molar-refractivity contribution in [3.8, 4) is 0 Å². The molecule has 41 heavy (non-hydrogen) atoms. The second-order valence-electron chi connectivity index (χ2n) is 10.7. The van der Waals surface area contributed by atoms with E-state index in [9.17, 15) is 24.0 Å². The Morgan fingerprint density at radius 1 is 0.561 bits per heavy atom. The number of aryl methyl sites for hydroxylation is 3. The fraction of sp³-hybridized carbons (Fsp3) is 0.147. The number of hydrogen-bond donors (Lipinski definition) is 0. The number of imide groups is 2. The lowest BCUT2D eigenvalue weighted by Gasteiger charge is -2.17. The van der Waals surface area contributed by atoms with Crippen LogP contribution in [0.5, 0.6) is 0 Å². The van der Waals surface area contributed by atoms with E-state index in [0.29, 0.717) is 5.69 Å². The Hall–Kier alpha value is -5.17. The van der Waals surface area contributed by atoms with Crippen molar-refractivity contribution in [2.75, 3.05) is 11.9 Å². The average Bonchev–Trinajstić information content (AvgIpc) is 3.34. The molecule has 0 saturated heterocycles. The predicted octanol–water partition coefficient (Wildman–Crippen LogP) is 5.46. The zero-order valence-electron chi connectivity index (χ0n) is 23.1. The van der Waals surface area contributed by atoms with Crippen LogP contribution in [0.4, 0.5) is 5.69 Å². The molecule has 0 spiro atoms. The van der Waals surface area contributed by atoms with Crippen molar-refractivity contribution >= 4 is 35.1 Å². The minimum atomic E-state index is -0.499. The van der Waals surface area contributed by atoms with E-state index in [4.69, 9.17) is 0 Å². The van der Waals surface area contributed by atoms with Gasteiger partial charge < -0.3 is 0 Å². The summed E-state index contributed by atoms with van der Waals surface area (Å²) < 4.78 is 0. The molecule has 7 nitrogen and oxygen atoms in total. The molecule has 0 saturated carbocycles. The number of fused-ring (bicyclic) bond motifs is 2. The molecule has 0 atom stereocenters. The molecule has 0 radical (unpaired) electrons. The van der Waals surface area contributed by atoms with E-state index in [2.05, 4.69) is 32.0 Å². The first-order valence-corrected chi connectivity index (χ1v) is 13.2. The van der Waals surface area contributed by atoms with Crippen LogP contribution >= 0.6 is 0 Å². The van der Waals surface area contributed by atoms with Crippen molar-refractivity contribution in [1.29, 1.82) is 0 Å². The number of hydrogen-bond acceptors (Lipinski definition) is 5. The average molecular weight is 543 g/mol. The highest BCUT2D eigenvalue weighted by Crippen LogP contribution is 2.33. The fourth-order valence-corrected chi connectivity index (χ4v) is 5.50. The summed E-state index contributed by atoms with van der Waals surface area (Å²) in [5.74, 6) is -2.25. The van der Waals surface area contributed by atoms with E-state index >= 15 is 0 Å². The van der Waals surface area contributed by atoms with Gasteiger partial charge in [-0.3, -0.25) is 28.9 Å². The van der Waals surface area contributed by atoms with Gasteiger partial charge in [0.2, 0.25) is 0 Å². The van der Waals surface area contributed by atoms with Gasteiger partial charge in [-0.25, -0.2) is 4.90 Å². The third-order valence-corrected chi connectivity index (χ3v) is 7.98. The number of anilines is 1. The maximum Gasteiger partial charge on any atom is 0.266 e. The van der Waals surface area contributed by atoms with Gasteiger partial charge in [-0.05, 0) is 85.3 Å². The van der Waals surface area contributed by atoms with E-state index < -0.39 is 29.4 Å². The molecular weight excluding hydrogens is 516 g/mol. The van der Waals surface area contributed by atoms with Crippen LogP contribution in [0.3, 0.4) is 0 Å².